The molecule has 0 aromatic heterocycles. The van der Waals surface area contributed by atoms with Crippen LogP contribution < -0.4 is 15.0 Å². The number of urea groups is 1. The van der Waals surface area contributed by atoms with E-state index < -0.39 is 46.3 Å². The van der Waals surface area contributed by atoms with E-state index in [1.807, 2.05) is 30.3 Å². The summed E-state index contributed by atoms with van der Waals surface area (Å²) in [4.78, 5) is 40.9. The summed E-state index contributed by atoms with van der Waals surface area (Å²) < 4.78 is 28.7. The van der Waals surface area contributed by atoms with E-state index >= 15 is 0 Å². The largest absolute Gasteiger partial charge is 0.489 e. The van der Waals surface area contributed by atoms with Gasteiger partial charge in [-0.25, -0.2) is 13.2 Å². The van der Waals surface area contributed by atoms with E-state index in [-0.39, 0.29) is 18.8 Å². The maximum atomic E-state index is 13.4. The second kappa shape index (κ2) is 8.62. The Kier molecular flexibility index (Phi) is 5.88. The number of rotatable bonds is 6. The molecule has 1 saturated heterocycles. The quantitative estimate of drug-likeness (QED) is 0.658. The number of sulfone groups is 1. The first-order valence-electron chi connectivity index (χ1n) is 10.1. The van der Waals surface area contributed by atoms with E-state index in [9.17, 15) is 22.8 Å². The molecule has 2 aliphatic heterocycles. The molecule has 0 radical (unpaired) electrons. The minimum Gasteiger partial charge on any atom is -0.489 e. The summed E-state index contributed by atoms with van der Waals surface area (Å²) >= 11 is 0. The van der Waals surface area contributed by atoms with Crippen LogP contribution in [0.15, 0.2) is 54.6 Å². The SMILES string of the molecule is CS(=O)(=O)CCC1NC(=O)N(CC(=O)N2c3ccccc3OCC2c2ccccc2)C1=O. The van der Waals surface area contributed by atoms with E-state index in [0.717, 1.165) is 16.7 Å². The van der Waals surface area contributed by atoms with Crippen LogP contribution >= 0.6 is 0 Å². The van der Waals surface area contributed by atoms with Gasteiger partial charge in [0.25, 0.3) is 5.91 Å². The molecule has 2 aromatic rings. The third-order valence-corrected chi connectivity index (χ3v) is 6.44. The van der Waals surface area contributed by atoms with Crippen molar-refractivity contribution in [2.24, 2.45) is 0 Å². The second-order valence-corrected chi connectivity index (χ2v) is 10.1. The van der Waals surface area contributed by atoms with Crippen LogP contribution in [-0.2, 0) is 19.4 Å². The number of amides is 4. The molecule has 2 atom stereocenters. The molecule has 1 fully saturated rings. The van der Waals surface area contributed by atoms with Crippen molar-refractivity contribution in [3.63, 3.8) is 0 Å². The van der Waals surface area contributed by atoms with Crippen LogP contribution in [0.2, 0.25) is 0 Å². The summed E-state index contributed by atoms with van der Waals surface area (Å²) in [5, 5.41) is 2.47. The number of carbonyl (C=O) groups excluding carboxylic acids is 3. The molecule has 10 heteroatoms. The average molecular weight is 458 g/mol. The highest BCUT2D eigenvalue weighted by molar-refractivity contribution is 7.90. The number of benzene rings is 2. The fraction of sp³-hybridized carbons (Fsp3) is 0.318. The first-order valence-corrected chi connectivity index (χ1v) is 12.2. The Morgan fingerprint density at radius 3 is 2.50 bits per heavy atom. The fourth-order valence-corrected chi connectivity index (χ4v) is 4.55. The van der Waals surface area contributed by atoms with Crippen molar-refractivity contribution in [1.82, 2.24) is 10.2 Å². The average Bonchev–Trinajstić information content (AvgIpc) is 3.04. The number of nitrogens with zero attached hydrogens (tertiary/aromatic N) is 2. The molecule has 0 aliphatic carbocycles. The highest BCUT2D eigenvalue weighted by Crippen LogP contribution is 2.39. The molecule has 0 spiro atoms. The van der Waals surface area contributed by atoms with Gasteiger partial charge in [0.1, 0.15) is 34.8 Å². The van der Waals surface area contributed by atoms with E-state index in [1.165, 1.54) is 0 Å². The summed E-state index contributed by atoms with van der Waals surface area (Å²) in [6.45, 7) is -0.235. The van der Waals surface area contributed by atoms with E-state index in [0.29, 0.717) is 11.4 Å². The monoisotopic (exact) mass is 457 g/mol. The fourth-order valence-electron chi connectivity index (χ4n) is 3.88. The number of carbonyl (C=O) groups is 3. The topological polar surface area (TPSA) is 113 Å². The number of anilines is 1. The molecule has 32 heavy (non-hydrogen) atoms. The lowest BCUT2D eigenvalue weighted by molar-refractivity contribution is -0.131. The van der Waals surface area contributed by atoms with Crippen molar-refractivity contribution in [2.45, 2.75) is 18.5 Å². The molecule has 0 bridgehead atoms. The first kappa shape index (κ1) is 21.8. The lowest BCUT2D eigenvalue weighted by atomic mass is 10.0. The highest BCUT2D eigenvalue weighted by Gasteiger charge is 2.41. The Balaban J connectivity index is 1.57. The van der Waals surface area contributed by atoms with Crippen LogP contribution in [0.25, 0.3) is 0 Å². The van der Waals surface area contributed by atoms with Crippen LogP contribution in [0.1, 0.15) is 18.0 Å². The third-order valence-electron chi connectivity index (χ3n) is 5.46. The summed E-state index contributed by atoms with van der Waals surface area (Å²) in [6, 6.07) is 14.4. The first-order chi connectivity index (χ1) is 15.2. The maximum absolute atomic E-state index is 13.4. The van der Waals surface area contributed by atoms with Crippen LogP contribution in [0.5, 0.6) is 5.75 Å². The van der Waals surface area contributed by atoms with Crippen molar-refractivity contribution < 1.29 is 27.5 Å². The third kappa shape index (κ3) is 4.45. The Bertz CT molecular complexity index is 1150. The van der Waals surface area contributed by atoms with Gasteiger partial charge in [0.15, 0.2) is 0 Å². The van der Waals surface area contributed by atoms with Gasteiger partial charge in [-0.15, -0.1) is 0 Å². The maximum Gasteiger partial charge on any atom is 0.325 e. The summed E-state index contributed by atoms with van der Waals surface area (Å²) in [5.41, 5.74) is 1.41. The van der Waals surface area contributed by atoms with Crippen LogP contribution in [0.4, 0.5) is 10.5 Å². The number of imide groups is 1. The number of hydrogen-bond donors (Lipinski definition) is 1. The van der Waals surface area contributed by atoms with Gasteiger partial charge in [-0.05, 0) is 24.1 Å². The molecule has 4 amide bonds. The van der Waals surface area contributed by atoms with E-state index in [1.54, 1.807) is 29.2 Å². The summed E-state index contributed by atoms with van der Waals surface area (Å²) in [5.74, 6) is -0.749. The molecule has 2 heterocycles. The van der Waals surface area contributed by atoms with Crippen molar-refractivity contribution in [3.8, 4) is 5.75 Å². The molecule has 2 aliphatic rings. The zero-order chi connectivity index (χ0) is 22.9. The minimum absolute atomic E-state index is 0.0406. The molecule has 2 aromatic carbocycles. The van der Waals surface area contributed by atoms with Crippen molar-refractivity contribution in [1.29, 1.82) is 0 Å². The molecule has 1 N–H and O–H groups in total. The molecule has 9 nitrogen and oxygen atoms in total. The number of hydrogen-bond acceptors (Lipinski definition) is 6. The summed E-state index contributed by atoms with van der Waals surface area (Å²) in [6.07, 6.45) is 1.02. The van der Waals surface area contributed by atoms with Gasteiger partial charge in [-0.1, -0.05) is 42.5 Å². The predicted molar refractivity (Wildman–Crippen MR) is 117 cm³/mol. The Labute approximate surface area is 185 Å². The normalized spacial score (nSPS) is 20.5. The van der Waals surface area contributed by atoms with E-state index in [4.69, 9.17) is 4.74 Å². The van der Waals surface area contributed by atoms with Crippen LogP contribution in [0, 0.1) is 0 Å². The molecular weight excluding hydrogens is 434 g/mol. The Hall–Kier alpha value is -3.40. The second-order valence-electron chi connectivity index (χ2n) is 7.81. The number of nitrogens with one attached hydrogen (secondary N) is 1. The van der Waals surface area contributed by atoms with Gasteiger partial charge in [0.05, 0.1) is 17.5 Å². The van der Waals surface area contributed by atoms with Gasteiger partial charge >= 0.3 is 6.03 Å². The predicted octanol–water partition coefficient (Wildman–Crippen LogP) is 1.51. The lowest BCUT2D eigenvalue weighted by Gasteiger charge is -2.37. The smallest absolute Gasteiger partial charge is 0.325 e. The molecule has 4 rings (SSSR count). The van der Waals surface area contributed by atoms with Gasteiger partial charge < -0.3 is 10.1 Å². The summed E-state index contributed by atoms with van der Waals surface area (Å²) in [7, 11) is -3.29. The van der Waals surface area contributed by atoms with Gasteiger partial charge in [-0.3, -0.25) is 19.4 Å². The standard InChI is InChI=1S/C22H23N3O6S/c1-32(29,30)12-11-16-21(27)24(22(28)23-16)13-20(26)25-17-9-5-6-10-19(17)31-14-18(25)15-7-3-2-4-8-15/h2-10,16,18H,11-14H2,1H3,(H,23,28). The number of para-hydroxylation sites is 2. The Morgan fingerprint density at radius 1 is 1.09 bits per heavy atom. The molecule has 168 valence electrons. The van der Waals surface area contributed by atoms with Crippen molar-refractivity contribution >= 4 is 33.4 Å². The zero-order valence-electron chi connectivity index (χ0n) is 17.4. The van der Waals surface area contributed by atoms with E-state index in [2.05, 4.69) is 5.32 Å². The van der Waals surface area contributed by atoms with Gasteiger partial charge in [-0.2, -0.15) is 0 Å². The lowest BCUT2D eigenvalue weighted by Crippen LogP contribution is -2.47. The molecule has 2 unspecified atom stereocenters. The number of fused-ring (bicyclic) bond motifs is 1. The van der Waals surface area contributed by atoms with Crippen molar-refractivity contribution in [3.05, 3.63) is 60.2 Å². The molecular formula is C22H23N3O6S. The highest BCUT2D eigenvalue weighted by atomic mass is 32.2. The van der Waals surface area contributed by atoms with Crippen LogP contribution in [0.3, 0.4) is 0 Å². The Morgan fingerprint density at radius 2 is 1.78 bits per heavy atom. The van der Waals surface area contributed by atoms with Gasteiger partial charge in [0, 0.05) is 6.26 Å². The van der Waals surface area contributed by atoms with Crippen molar-refractivity contribution in [2.75, 3.05) is 30.1 Å². The minimum atomic E-state index is -3.29. The number of ether oxygens (including phenoxy) is 1. The zero-order valence-corrected chi connectivity index (χ0v) is 18.2. The molecule has 0 saturated carbocycles. The van der Waals surface area contributed by atoms with Gasteiger partial charge in [0.2, 0.25) is 5.91 Å². The van der Waals surface area contributed by atoms with Crippen LogP contribution in [-0.4, -0.2) is 62.4 Å².